The smallest absolute Gasteiger partial charge is 0.497 e. The Labute approximate surface area is 164 Å². The average molecular weight is 314 g/mol. The van der Waals surface area contributed by atoms with Gasteiger partial charge in [0.2, 0.25) is 0 Å². The molecular formula is C15H11BF3KO. The van der Waals surface area contributed by atoms with Crippen LogP contribution in [0.3, 0.4) is 0 Å². The minimum absolute atomic E-state index is 0. The quantitative estimate of drug-likeness (QED) is 0.567. The molecule has 0 bridgehead atoms. The summed E-state index contributed by atoms with van der Waals surface area (Å²) >= 11 is 0. The van der Waals surface area contributed by atoms with Crippen molar-refractivity contribution in [3.63, 3.8) is 0 Å². The molecule has 0 aliphatic heterocycles. The molecule has 0 N–H and O–H groups in total. The number of benzene rings is 2. The third kappa shape index (κ3) is 5.53. The number of hydrogen-bond donors (Lipinski definition) is 0. The standard InChI is InChI=1S/C15H11BF3O.K/c1-20-15-10-6-13(7-11-15)3-2-12-4-8-14(9-5-12)16(17,18)19;/h4-11H,1H3;/q-1;+1. The van der Waals surface area contributed by atoms with E-state index in [4.69, 9.17) is 4.74 Å². The van der Waals surface area contributed by atoms with Gasteiger partial charge in [0.15, 0.2) is 0 Å². The fourth-order valence-electron chi connectivity index (χ4n) is 1.60. The number of ether oxygens (including phenoxy) is 1. The van der Waals surface area contributed by atoms with Gasteiger partial charge in [0.1, 0.15) is 5.75 Å². The van der Waals surface area contributed by atoms with Crippen LogP contribution in [-0.4, -0.2) is 14.1 Å². The SMILES string of the molecule is COc1ccc(C#Cc2ccc([B-](F)(F)F)cc2)cc1.[K+]. The van der Waals surface area contributed by atoms with Crippen LogP contribution in [0.25, 0.3) is 0 Å². The van der Waals surface area contributed by atoms with Crippen LogP contribution in [0.5, 0.6) is 5.75 Å². The maximum atomic E-state index is 12.5. The first kappa shape index (κ1) is 18.3. The monoisotopic (exact) mass is 314 g/mol. The van der Waals surface area contributed by atoms with E-state index in [-0.39, 0.29) is 51.4 Å². The summed E-state index contributed by atoms with van der Waals surface area (Å²) in [5.41, 5.74) is 0.708. The summed E-state index contributed by atoms with van der Waals surface area (Å²) in [6, 6.07) is 12.0. The first-order valence-electron chi connectivity index (χ1n) is 5.95. The molecule has 0 spiro atoms. The van der Waals surface area contributed by atoms with E-state index in [1.807, 2.05) is 0 Å². The third-order valence-corrected chi connectivity index (χ3v) is 2.73. The van der Waals surface area contributed by atoms with Crippen LogP contribution in [0, 0.1) is 11.8 Å². The van der Waals surface area contributed by atoms with Crippen molar-refractivity contribution >= 4 is 12.4 Å². The summed E-state index contributed by atoms with van der Waals surface area (Å²) in [4.78, 5) is 0. The second kappa shape index (κ2) is 8.06. The molecule has 2 aromatic rings. The summed E-state index contributed by atoms with van der Waals surface area (Å²) in [5.74, 6) is 6.44. The second-order valence-electron chi connectivity index (χ2n) is 4.18. The Morgan fingerprint density at radius 2 is 1.24 bits per heavy atom. The van der Waals surface area contributed by atoms with Crippen LogP contribution in [0.2, 0.25) is 0 Å². The van der Waals surface area contributed by atoms with E-state index < -0.39 is 12.4 Å². The van der Waals surface area contributed by atoms with E-state index in [2.05, 4.69) is 11.8 Å². The number of methoxy groups -OCH3 is 1. The predicted octanol–water partition coefficient (Wildman–Crippen LogP) is 0.153. The van der Waals surface area contributed by atoms with Crippen molar-refractivity contribution in [3.8, 4) is 17.6 Å². The molecule has 0 aliphatic carbocycles. The minimum Gasteiger partial charge on any atom is -0.497 e. The van der Waals surface area contributed by atoms with E-state index in [0.29, 0.717) is 5.56 Å². The maximum Gasteiger partial charge on any atom is 1.00 e. The molecular weight excluding hydrogens is 303 g/mol. The van der Waals surface area contributed by atoms with Crippen molar-refractivity contribution in [2.24, 2.45) is 0 Å². The van der Waals surface area contributed by atoms with Gasteiger partial charge in [-0.15, -0.1) is 5.46 Å². The van der Waals surface area contributed by atoms with Crippen LogP contribution < -0.4 is 61.6 Å². The van der Waals surface area contributed by atoms with E-state index in [0.717, 1.165) is 23.4 Å². The summed E-state index contributed by atoms with van der Waals surface area (Å²) in [6.45, 7) is -4.95. The van der Waals surface area contributed by atoms with Crippen LogP contribution in [-0.2, 0) is 0 Å². The molecule has 0 saturated heterocycles. The van der Waals surface area contributed by atoms with Gasteiger partial charge < -0.3 is 17.7 Å². The molecule has 0 heterocycles. The van der Waals surface area contributed by atoms with E-state index >= 15 is 0 Å². The molecule has 0 amide bonds. The number of hydrogen-bond acceptors (Lipinski definition) is 1. The van der Waals surface area contributed by atoms with Gasteiger partial charge in [0, 0.05) is 11.1 Å². The maximum absolute atomic E-state index is 12.5. The molecule has 0 radical (unpaired) electrons. The Balaban J connectivity index is 0.00000220. The topological polar surface area (TPSA) is 9.23 Å². The fraction of sp³-hybridized carbons (Fsp3) is 0.0667. The number of halogens is 3. The van der Waals surface area contributed by atoms with Crippen molar-refractivity contribution in [1.29, 1.82) is 0 Å². The zero-order valence-electron chi connectivity index (χ0n) is 11.7. The molecule has 1 nitrogen and oxygen atoms in total. The van der Waals surface area contributed by atoms with Gasteiger partial charge in [-0.2, -0.15) is 0 Å². The first-order chi connectivity index (χ1) is 9.49. The van der Waals surface area contributed by atoms with E-state index in [9.17, 15) is 12.9 Å². The Kier molecular flexibility index (Phi) is 7.04. The average Bonchev–Trinajstić information content (AvgIpc) is 2.45. The molecule has 0 aliphatic rings. The molecule has 0 unspecified atom stereocenters. The van der Waals surface area contributed by atoms with Gasteiger partial charge >= 0.3 is 58.4 Å². The van der Waals surface area contributed by atoms with Crippen LogP contribution in [0.4, 0.5) is 12.9 Å². The van der Waals surface area contributed by atoms with Gasteiger partial charge in [-0.05, 0) is 36.4 Å². The van der Waals surface area contributed by atoms with Gasteiger partial charge in [-0.25, -0.2) is 0 Å². The van der Waals surface area contributed by atoms with Gasteiger partial charge in [-0.3, -0.25) is 0 Å². The van der Waals surface area contributed by atoms with Crippen LogP contribution in [0.1, 0.15) is 11.1 Å². The van der Waals surface area contributed by atoms with E-state index in [1.54, 1.807) is 31.4 Å². The van der Waals surface area contributed by atoms with Crippen molar-refractivity contribution in [2.45, 2.75) is 0 Å². The Hall–Kier alpha value is -0.709. The molecule has 102 valence electrons. The minimum atomic E-state index is -4.95. The Morgan fingerprint density at radius 1 is 0.810 bits per heavy atom. The Bertz CT molecular complexity index is 640. The van der Waals surface area contributed by atoms with Crippen molar-refractivity contribution < 1.29 is 69.1 Å². The van der Waals surface area contributed by atoms with Crippen molar-refractivity contribution in [2.75, 3.05) is 7.11 Å². The molecule has 0 atom stereocenters. The van der Waals surface area contributed by atoms with Crippen LogP contribution >= 0.6 is 0 Å². The molecule has 0 aromatic heterocycles. The zero-order valence-corrected chi connectivity index (χ0v) is 14.9. The van der Waals surface area contributed by atoms with Crippen molar-refractivity contribution in [1.82, 2.24) is 0 Å². The zero-order chi connectivity index (χ0) is 14.6. The largest absolute Gasteiger partial charge is 1.00 e. The Morgan fingerprint density at radius 3 is 1.62 bits per heavy atom. The number of rotatable bonds is 2. The molecule has 2 rings (SSSR count). The summed E-state index contributed by atoms with van der Waals surface area (Å²) in [6.07, 6.45) is 0. The molecule has 0 saturated carbocycles. The van der Waals surface area contributed by atoms with Gasteiger partial charge in [0.25, 0.3) is 0 Å². The summed E-state index contributed by atoms with van der Waals surface area (Å²) in [5, 5.41) is 0. The second-order valence-corrected chi connectivity index (χ2v) is 4.18. The predicted molar refractivity (Wildman–Crippen MR) is 74.1 cm³/mol. The van der Waals surface area contributed by atoms with Crippen LogP contribution in [0.15, 0.2) is 48.5 Å². The fourth-order valence-corrected chi connectivity index (χ4v) is 1.60. The molecule has 0 fully saturated rings. The van der Waals surface area contributed by atoms with Gasteiger partial charge in [-0.1, -0.05) is 24.0 Å². The van der Waals surface area contributed by atoms with Crippen molar-refractivity contribution in [3.05, 3.63) is 59.7 Å². The first-order valence-corrected chi connectivity index (χ1v) is 5.95. The van der Waals surface area contributed by atoms with E-state index in [1.165, 1.54) is 12.1 Å². The summed E-state index contributed by atoms with van der Waals surface area (Å²) < 4.78 is 42.4. The van der Waals surface area contributed by atoms with Gasteiger partial charge in [0.05, 0.1) is 7.11 Å². The normalized spacial score (nSPS) is 10.1. The summed E-state index contributed by atoms with van der Waals surface area (Å²) in [7, 11) is 1.57. The molecule has 6 heteroatoms. The third-order valence-electron chi connectivity index (χ3n) is 2.73. The molecule has 21 heavy (non-hydrogen) atoms. The molecule has 2 aromatic carbocycles.